The molecule has 0 aromatic heterocycles. The highest BCUT2D eigenvalue weighted by atomic mass is 16.5. The van der Waals surface area contributed by atoms with Crippen molar-refractivity contribution in [3.05, 3.63) is 84.4 Å². The molecule has 3 aromatic carbocycles. The molecule has 0 saturated heterocycles. The van der Waals surface area contributed by atoms with Gasteiger partial charge in [-0.05, 0) is 36.8 Å². The third-order valence-electron chi connectivity index (χ3n) is 4.61. The van der Waals surface area contributed by atoms with Crippen LogP contribution in [0.25, 0.3) is 0 Å². The van der Waals surface area contributed by atoms with Gasteiger partial charge in [-0.15, -0.1) is 0 Å². The Bertz CT molecular complexity index is 963. The monoisotopic (exact) mass is 434 g/mol. The molecule has 3 rings (SSSR count). The Morgan fingerprint density at radius 1 is 0.781 bits per heavy atom. The summed E-state index contributed by atoms with van der Waals surface area (Å²) >= 11 is 0. The topological polar surface area (TPSA) is 68.8 Å². The van der Waals surface area contributed by atoms with Gasteiger partial charge in [-0.2, -0.15) is 0 Å². The molecule has 0 aliphatic heterocycles. The molecular formula is C26H30N2O4. The number of amides is 1. The number of hydrogen-bond acceptors (Lipinski definition) is 5. The first-order valence-corrected chi connectivity index (χ1v) is 10.8. The number of hydrogen-bond donors (Lipinski definition) is 2. The Morgan fingerprint density at radius 2 is 1.47 bits per heavy atom. The van der Waals surface area contributed by atoms with Crippen LogP contribution >= 0.6 is 0 Å². The molecule has 0 radical (unpaired) electrons. The second-order valence-electron chi connectivity index (χ2n) is 7.09. The Labute approximate surface area is 189 Å². The largest absolute Gasteiger partial charge is 0.493 e. The van der Waals surface area contributed by atoms with Crippen LogP contribution in [0.15, 0.2) is 78.9 Å². The summed E-state index contributed by atoms with van der Waals surface area (Å²) < 4.78 is 16.7. The smallest absolute Gasteiger partial charge is 0.243 e. The first-order valence-electron chi connectivity index (χ1n) is 10.8. The molecule has 1 amide bonds. The number of benzene rings is 3. The predicted molar refractivity (Wildman–Crippen MR) is 128 cm³/mol. The van der Waals surface area contributed by atoms with Crippen LogP contribution in [-0.2, 0) is 16.0 Å². The molecule has 6 heteroatoms. The first kappa shape index (κ1) is 23.2. The van der Waals surface area contributed by atoms with Gasteiger partial charge in [0, 0.05) is 36.5 Å². The van der Waals surface area contributed by atoms with Crippen LogP contribution in [0.2, 0.25) is 0 Å². The normalized spacial score (nSPS) is 10.4. The molecule has 0 spiro atoms. The molecule has 0 aliphatic rings. The zero-order chi connectivity index (χ0) is 22.4. The van der Waals surface area contributed by atoms with E-state index < -0.39 is 0 Å². The number of anilines is 2. The molecule has 2 N–H and O–H groups in total. The Balaban J connectivity index is 1.42. The lowest BCUT2D eigenvalue weighted by Gasteiger charge is -2.11. The van der Waals surface area contributed by atoms with E-state index in [0.29, 0.717) is 32.1 Å². The van der Waals surface area contributed by atoms with Crippen molar-refractivity contribution in [3.63, 3.8) is 0 Å². The second-order valence-corrected chi connectivity index (χ2v) is 7.09. The van der Waals surface area contributed by atoms with E-state index in [-0.39, 0.29) is 12.5 Å². The fourth-order valence-corrected chi connectivity index (χ4v) is 3.04. The van der Waals surface area contributed by atoms with Gasteiger partial charge in [0.05, 0.1) is 19.8 Å². The van der Waals surface area contributed by atoms with Crippen molar-refractivity contribution in [2.45, 2.75) is 13.3 Å². The van der Waals surface area contributed by atoms with Crippen molar-refractivity contribution in [3.8, 4) is 11.5 Å². The standard InChI is InChI=1S/C26H30N2O4/c1-2-30-16-17-32-24-12-6-10-22(18-24)27-20-26(29)28-23-11-7-13-25(19-23)31-15-14-21-8-4-3-5-9-21/h3-13,18-19,27H,2,14-17,20H2,1H3,(H,28,29). The minimum absolute atomic E-state index is 0.140. The van der Waals surface area contributed by atoms with Gasteiger partial charge in [0.2, 0.25) is 5.91 Å². The molecule has 6 nitrogen and oxygen atoms in total. The molecule has 168 valence electrons. The molecule has 0 bridgehead atoms. The lowest BCUT2D eigenvalue weighted by Crippen LogP contribution is -2.21. The lowest BCUT2D eigenvalue weighted by atomic mass is 10.2. The van der Waals surface area contributed by atoms with Gasteiger partial charge in [-0.25, -0.2) is 0 Å². The van der Waals surface area contributed by atoms with Crippen molar-refractivity contribution >= 4 is 17.3 Å². The van der Waals surface area contributed by atoms with Crippen LogP contribution in [0, 0.1) is 0 Å². The van der Waals surface area contributed by atoms with Gasteiger partial charge in [-0.1, -0.05) is 42.5 Å². The average molecular weight is 435 g/mol. The maximum atomic E-state index is 12.4. The zero-order valence-electron chi connectivity index (χ0n) is 18.4. The maximum absolute atomic E-state index is 12.4. The zero-order valence-corrected chi connectivity index (χ0v) is 18.4. The van der Waals surface area contributed by atoms with Crippen molar-refractivity contribution in [2.24, 2.45) is 0 Å². The SMILES string of the molecule is CCOCCOc1cccc(NCC(=O)Nc2cccc(OCCc3ccccc3)c2)c1. The minimum atomic E-state index is -0.144. The van der Waals surface area contributed by atoms with Crippen LogP contribution in [0.4, 0.5) is 11.4 Å². The van der Waals surface area contributed by atoms with Gasteiger partial charge in [0.15, 0.2) is 0 Å². The molecular weight excluding hydrogens is 404 g/mol. The maximum Gasteiger partial charge on any atom is 0.243 e. The summed E-state index contributed by atoms with van der Waals surface area (Å²) in [5, 5.41) is 6.01. The summed E-state index contributed by atoms with van der Waals surface area (Å²) in [6, 6.07) is 25.1. The quantitative estimate of drug-likeness (QED) is 0.379. The van der Waals surface area contributed by atoms with E-state index in [1.807, 2.05) is 73.7 Å². The summed E-state index contributed by atoms with van der Waals surface area (Å²) in [7, 11) is 0. The van der Waals surface area contributed by atoms with E-state index in [2.05, 4.69) is 22.8 Å². The molecule has 0 atom stereocenters. The molecule has 0 heterocycles. The molecule has 3 aromatic rings. The summed E-state index contributed by atoms with van der Waals surface area (Å²) in [6.45, 7) is 4.37. The Kier molecular flexibility index (Phi) is 9.42. The number of carbonyl (C=O) groups is 1. The molecule has 0 aliphatic carbocycles. The molecule has 32 heavy (non-hydrogen) atoms. The summed E-state index contributed by atoms with van der Waals surface area (Å²) in [5.41, 5.74) is 2.74. The predicted octanol–water partition coefficient (Wildman–Crippen LogP) is 4.77. The Hall–Kier alpha value is -3.51. The fraction of sp³-hybridized carbons (Fsp3) is 0.269. The number of nitrogens with one attached hydrogen (secondary N) is 2. The van der Waals surface area contributed by atoms with Crippen molar-refractivity contribution < 1.29 is 19.0 Å². The Morgan fingerprint density at radius 3 is 2.22 bits per heavy atom. The minimum Gasteiger partial charge on any atom is -0.493 e. The molecule has 0 fully saturated rings. The number of rotatable bonds is 13. The van der Waals surface area contributed by atoms with Gasteiger partial charge in [-0.3, -0.25) is 4.79 Å². The lowest BCUT2D eigenvalue weighted by molar-refractivity contribution is -0.114. The first-order chi connectivity index (χ1) is 15.7. The van der Waals surface area contributed by atoms with Gasteiger partial charge in [0.25, 0.3) is 0 Å². The van der Waals surface area contributed by atoms with Gasteiger partial charge < -0.3 is 24.8 Å². The van der Waals surface area contributed by atoms with Crippen LogP contribution in [0.3, 0.4) is 0 Å². The van der Waals surface area contributed by atoms with E-state index in [9.17, 15) is 4.79 Å². The summed E-state index contributed by atoms with van der Waals surface area (Å²) in [6.07, 6.45) is 0.829. The van der Waals surface area contributed by atoms with E-state index in [1.54, 1.807) is 0 Å². The molecule has 0 unspecified atom stereocenters. The van der Waals surface area contributed by atoms with E-state index in [1.165, 1.54) is 5.56 Å². The summed E-state index contributed by atoms with van der Waals surface area (Å²) in [4.78, 5) is 12.4. The van der Waals surface area contributed by atoms with E-state index >= 15 is 0 Å². The molecule has 0 saturated carbocycles. The highest BCUT2D eigenvalue weighted by Gasteiger charge is 2.05. The van der Waals surface area contributed by atoms with Crippen LogP contribution < -0.4 is 20.1 Å². The van der Waals surface area contributed by atoms with E-state index in [0.717, 1.165) is 23.6 Å². The highest BCUT2D eigenvalue weighted by molar-refractivity contribution is 5.93. The van der Waals surface area contributed by atoms with Crippen molar-refractivity contribution in [1.82, 2.24) is 0 Å². The second kappa shape index (κ2) is 13.0. The van der Waals surface area contributed by atoms with Crippen molar-refractivity contribution in [2.75, 3.05) is 43.6 Å². The van der Waals surface area contributed by atoms with Crippen molar-refractivity contribution in [1.29, 1.82) is 0 Å². The van der Waals surface area contributed by atoms with Crippen LogP contribution in [-0.4, -0.2) is 38.9 Å². The summed E-state index contributed by atoms with van der Waals surface area (Å²) in [5.74, 6) is 1.31. The highest BCUT2D eigenvalue weighted by Crippen LogP contribution is 2.19. The van der Waals surface area contributed by atoms with E-state index in [4.69, 9.17) is 14.2 Å². The number of ether oxygens (including phenoxy) is 3. The van der Waals surface area contributed by atoms with Gasteiger partial charge in [0.1, 0.15) is 18.1 Å². The number of carbonyl (C=O) groups excluding carboxylic acids is 1. The third-order valence-corrected chi connectivity index (χ3v) is 4.61. The average Bonchev–Trinajstić information content (AvgIpc) is 2.82. The van der Waals surface area contributed by atoms with Crippen LogP contribution in [0.5, 0.6) is 11.5 Å². The van der Waals surface area contributed by atoms with Gasteiger partial charge >= 0.3 is 0 Å². The van der Waals surface area contributed by atoms with Crippen LogP contribution in [0.1, 0.15) is 12.5 Å². The third kappa shape index (κ3) is 8.32. The fourth-order valence-electron chi connectivity index (χ4n) is 3.04.